The standard InChI is InChI=1S/C8H10O.Mg.H2O4S/c1-2-9-8-6-4-3-5-7-8;;1-5(2,3)4/h3-7H,2H2,1H3;;(H2,1,2,3,4)/q;+2;/p-2. The Bertz CT molecular complexity index is 329. The topological polar surface area (TPSA) is 89.5 Å². The van der Waals surface area contributed by atoms with Gasteiger partial charge in [-0.3, -0.25) is 8.42 Å². The van der Waals surface area contributed by atoms with Gasteiger partial charge < -0.3 is 13.8 Å². The summed E-state index contributed by atoms with van der Waals surface area (Å²) in [5.74, 6) is 0.944. The molecule has 0 amide bonds. The van der Waals surface area contributed by atoms with Gasteiger partial charge in [-0.1, -0.05) is 18.2 Å². The van der Waals surface area contributed by atoms with Crippen LogP contribution in [0.4, 0.5) is 0 Å². The molecule has 7 heteroatoms. The number of rotatable bonds is 2. The van der Waals surface area contributed by atoms with Gasteiger partial charge in [-0.2, -0.15) is 0 Å². The Hall–Kier alpha value is -0.344. The Morgan fingerprint density at radius 2 is 1.60 bits per heavy atom. The van der Waals surface area contributed by atoms with Gasteiger partial charge in [0.25, 0.3) is 0 Å². The number of hydrogen-bond acceptors (Lipinski definition) is 5. The van der Waals surface area contributed by atoms with Gasteiger partial charge in [-0.15, -0.1) is 0 Å². The maximum absolute atomic E-state index is 8.52. The Morgan fingerprint density at radius 3 is 1.93 bits per heavy atom. The largest absolute Gasteiger partial charge is 2.00 e. The summed E-state index contributed by atoms with van der Waals surface area (Å²) in [6, 6.07) is 9.80. The van der Waals surface area contributed by atoms with E-state index in [1.807, 2.05) is 37.3 Å². The molecule has 0 aromatic heterocycles. The molecule has 5 nitrogen and oxygen atoms in total. The minimum Gasteiger partial charge on any atom is -0.759 e. The van der Waals surface area contributed by atoms with Crippen molar-refractivity contribution in [1.29, 1.82) is 0 Å². The average Bonchev–Trinajstić information content (AvgIpc) is 2.03. The summed E-state index contributed by atoms with van der Waals surface area (Å²) < 4.78 is 39.3. The van der Waals surface area contributed by atoms with Gasteiger partial charge in [0.1, 0.15) is 5.75 Å². The molecule has 0 radical (unpaired) electrons. The van der Waals surface area contributed by atoms with Gasteiger partial charge in [-0.25, -0.2) is 0 Å². The Labute approximate surface area is 105 Å². The van der Waals surface area contributed by atoms with Gasteiger partial charge in [0.15, 0.2) is 0 Å². The Morgan fingerprint density at radius 1 is 1.20 bits per heavy atom. The summed E-state index contributed by atoms with van der Waals surface area (Å²) in [4.78, 5) is 0. The van der Waals surface area contributed by atoms with Crippen molar-refractivity contribution in [2.45, 2.75) is 6.92 Å². The molecule has 80 valence electrons. The molecule has 0 saturated heterocycles. The Kier molecular flexibility index (Phi) is 10.2. The summed E-state index contributed by atoms with van der Waals surface area (Å²) in [7, 11) is -5.17. The van der Waals surface area contributed by atoms with Crippen molar-refractivity contribution in [2.24, 2.45) is 0 Å². The number of benzene rings is 1. The van der Waals surface area contributed by atoms with Crippen LogP contribution in [0.3, 0.4) is 0 Å². The molecule has 0 heterocycles. The number of para-hydroxylation sites is 1. The van der Waals surface area contributed by atoms with Crippen molar-refractivity contribution in [3.8, 4) is 5.75 Å². The Balaban J connectivity index is 0. The van der Waals surface area contributed by atoms with Gasteiger partial charge in [-0.05, 0) is 19.1 Å². The molecule has 15 heavy (non-hydrogen) atoms. The molecule has 0 atom stereocenters. The van der Waals surface area contributed by atoms with Gasteiger partial charge in [0.05, 0.1) is 6.61 Å². The minimum atomic E-state index is -5.17. The second kappa shape index (κ2) is 8.92. The first-order valence-corrected chi connectivity index (χ1v) is 5.11. The van der Waals surface area contributed by atoms with Crippen LogP contribution >= 0.6 is 0 Å². The van der Waals surface area contributed by atoms with Gasteiger partial charge >= 0.3 is 23.1 Å². The molecule has 0 aliphatic rings. The van der Waals surface area contributed by atoms with Crippen molar-refractivity contribution in [3.05, 3.63) is 30.3 Å². The van der Waals surface area contributed by atoms with Crippen LogP contribution in [0.25, 0.3) is 0 Å². The van der Waals surface area contributed by atoms with E-state index in [9.17, 15) is 0 Å². The quantitative estimate of drug-likeness (QED) is 0.424. The van der Waals surface area contributed by atoms with E-state index < -0.39 is 10.4 Å². The van der Waals surface area contributed by atoms with Crippen molar-refractivity contribution in [3.63, 3.8) is 0 Å². The fraction of sp³-hybridized carbons (Fsp3) is 0.250. The molecule has 1 aromatic rings. The first-order chi connectivity index (χ1) is 6.43. The molecule has 0 aliphatic carbocycles. The third-order valence-electron chi connectivity index (χ3n) is 1.05. The molecule has 1 aromatic carbocycles. The smallest absolute Gasteiger partial charge is 0.759 e. The van der Waals surface area contributed by atoms with Crippen molar-refractivity contribution in [1.82, 2.24) is 0 Å². The molecular weight excluding hydrogens is 232 g/mol. The summed E-state index contributed by atoms with van der Waals surface area (Å²) >= 11 is 0. The average molecular weight is 243 g/mol. The summed E-state index contributed by atoms with van der Waals surface area (Å²) in [6.45, 7) is 2.72. The van der Waals surface area contributed by atoms with E-state index >= 15 is 0 Å². The van der Waals surface area contributed by atoms with E-state index in [-0.39, 0.29) is 23.1 Å². The maximum Gasteiger partial charge on any atom is 2.00 e. The minimum absolute atomic E-state index is 0. The van der Waals surface area contributed by atoms with Crippen molar-refractivity contribution < 1.29 is 22.3 Å². The molecule has 0 saturated carbocycles. The molecule has 0 bridgehead atoms. The van der Waals surface area contributed by atoms with Crippen LogP contribution in [0.5, 0.6) is 5.75 Å². The van der Waals surface area contributed by atoms with Crippen LogP contribution in [0.1, 0.15) is 6.92 Å². The predicted molar refractivity (Wildman–Crippen MR) is 53.8 cm³/mol. The third kappa shape index (κ3) is 16.3. The second-order valence-corrected chi connectivity index (χ2v) is 2.97. The molecule has 0 fully saturated rings. The molecule has 0 unspecified atom stereocenters. The van der Waals surface area contributed by atoms with E-state index in [2.05, 4.69) is 0 Å². The monoisotopic (exact) mass is 242 g/mol. The van der Waals surface area contributed by atoms with Crippen molar-refractivity contribution in [2.75, 3.05) is 6.61 Å². The number of ether oxygens (including phenoxy) is 1. The molecular formula is C8H10MgO5S. The molecule has 1 rings (SSSR count). The van der Waals surface area contributed by atoms with E-state index in [4.69, 9.17) is 22.3 Å². The summed E-state index contributed by atoms with van der Waals surface area (Å²) in [5, 5.41) is 0. The fourth-order valence-corrected chi connectivity index (χ4v) is 0.683. The predicted octanol–water partition coefficient (Wildman–Crippen LogP) is 0.367. The normalized spacial score (nSPS) is 9.27. The van der Waals surface area contributed by atoms with Gasteiger partial charge in [0, 0.05) is 10.4 Å². The molecule has 0 aliphatic heterocycles. The van der Waals surface area contributed by atoms with Crippen LogP contribution in [-0.4, -0.2) is 47.2 Å². The van der Waals surface area contributed by atoms with Crippen LogP contribution in [0, 0.1) is 0 Å². The molecule has 0 spiro atoms. The van der Waals surface area contributed by atoms with Gasteiger partial charge in [0.2, 0.25) is 0 Å². The fourth-order valence-electron chi connectivity index (χ4n) is 0.683. The van der Waals surface area contributed by atoms with E-state index in [1.54, 1.807) is 0 Å². The summed E-state index contributed by atoms with van der Waals surface area (Å²) in [5.41, 5.74) is 0. The first-order valence-electron chi connectivity index (χ1n) is 3.78. The van der Waals surface area contributed by atoms with E-state index in [0.717, 1.165) is 12.4 Å². The first kappa shape index (κ1) is 17.1. The van der Waals surface area contributed by atoms with Crippen LogP contribution in [-0.2, 0) is 10.4 Å². The summed E-state index contributed by atoms with van der Waals surface area (Å²) in [6.07, 6.45) is 0. The third-order valence-corrected chi connectivity index (χ3v) is 1.05. The molecule has 0 N–H and O–H groups in total. The zero-order valence-electron chi connectivity index (χ0n) is 8.25. The zero-order valence-corrected chi connectivity index (χ0v) is 10.5. The zero-order chi connectivity index (χ0) is 11.0. The SMILES string of the molecule is CCOc1ccccc1.O=S(=O)([O-])[O-].[Mg+2]. The van der Waals surface area contributed by atoms with E-state index in [0.29, 0.717) is 0 Å². The maximum atomic E-state index is 8.52. The van der Waals surface area contributed by atoms with Crippen molar-refractivity contribution >= 4 is 33.5 Å². The van der Waals surface area contributed by atoms with Crippen LogP contribution in [0.2, 0.25) is 0 Å². The number of hydrogen-bond donors (Lipinski definition) is 0. The van der Waals surface area contributed by atoms with Crippen LogP contribution in [0.15, 0.2) is 30.3 Å². The van der Waals surface area contributed by atoms with E-state index in [1.165, 1.54) is 0 Å². The van der Waals surface area contributed by atoms with Crippen LogP contribution < -0.4 is 4.74 Å². The second-order valence-electron chi connectivity index (χ2n) is 2.15.